The molecule has 0 radical (unpaired) electrons. The van der Waals surface area contributed by atoms with E-state index in [9.17, 15) is 0 Å². The molecule has 36 heavy (non-hydrogen) atoms. The number of nitrogens with one attached hydrogen (secondary N) is 1. The zero-order valence-electron chi connectivity index (χ0n) is 20.2. The average molecular weight is 502 g/mol. The molecule has 2 aliphatic carbocycles. The molecular formula is C27H31N7OS. The Morgan fingerprint density at radius 2 is 1.92 bits per heavy atom. The molecule has 3 aromatic rings. The fourth-order valence-electron chi connectivity index (χ4n) is 6.31. The number of anilines is 3. The Hall–Kier alpha value is -3.04. The van der Waals surface area contributed by atoms with Gasteiger partial charge >= 0.3 is 0 Å². The Labute approximate surface area is 215 Å². The van der Waals surface area contributed by atoms with E-state index in [0.717, 1.165) is 67.5 Å². The summed E-state index contributed by atoms with van der Waals surface area (Å²) in [5, 5.41) is 4.28. The Kier molecular flexibility index (Phi) is 5.08. The molecule has 2 spiro atoms. The van der Waals surface area contributed by atoms with E-state index in [1.807, 2.05) is 18.5 Å². The maximum Gasteiger partial charge on any atom is 0.175 e. The molecule has 2 aliphatic heterocycles. The van der Waals surface area contributed by atoms with Crippen LogP contribution in [0.15, 0.2) is 52.6 Å². The number of pyridine rings is 1. The number of nitrogens with zero attached hydrogens (tertiary/aromatic N) is 4. The fraction of sp³-hybridized carbons (Fsp3) is 0.444. The van der Waals surface area contributed by atoms with Gasteiger partial charge in [-0.05, 0) is 61.1 Å². The molecule has 1 saturated heterocycles. The average Bonchev–Trinajstić information content (AvgIpc) is 3.15. The lowest BCUT2D eigenvalue weighted by Gasteiger charge is -2.45. The molecule has 1 saturated carbocycles. The number of ether oxygens (including phenoxy) is 1. The third kappa shape index (κ3) is 3.51. The van der Waals surface area contributed by atoms with Crippen LogP contribution in [0.4, 0.5) is 17.5 Å². The molecule has 2 fully saturated rings. The van der Waals surface area contributed by atoms with Crippen LogP contribution in [0.5, 0.6) is 5.75 Å². The molecule has 1 atom stereocenters. The molecule has 8 nitrogen and oxygen atoms in total. The number of hydrogen-bond acceptors (Lipinski definition) is 9. The third-order valence-corrected chi connectivity index (χ3v) is 9.74. The van der Waals surface area contributed by atoms with E-state index in [4.69, 9.17) is 26.2 Å². The summed E-state index contributed by atoms with van der Waals surface area (Å²) in [6, 6.07) is 10.7. The van der Waals surface area contributed by atoms with Gasteiger partial charge in [0.25, 0.3) is 0 Å². The zero-order chi connectivity index (χ0) is 24.3. The minimum absolute atomic E-state index is 0.0575. The van der Waals surface area contributed by atoms with Gasteiger partial charge in [-0.1, -0.05) is 36.0 Å². The van der Waals surface area contributed by atoms with Gasteiger partial charge in [-0.2, -0.15) is 0 Å². The largest absolute Gasteiger partial charge is 0.486 e. The maximum atomic E-state index is 6.74. The second-order valence-corrected chi connectivity index (χ2v) is 11.8. The van der Waals surface area contributed by atoms with Gasteiger partial charge in [0.05, 0.1) is 16.6 Å². The van der Waals surface area contributed by atoms with Crippen molar-refractivity contribution in [1.82, 2.24) is 15.0 Å². The van der Waals surface area contributed by atoms with Crippen LogP contribution in [0.2, 0.25) is 0 Å². The predicted octanol–water partition coefficient (Wildman–Crippen LogP) is 4.17. The van der Waals surface area contributed by atoms with Crippen LogP contribution in [-0.4, -0.2) is 40.2 Å². The van der Waals surface area contributed by atoms with Gasteiger partial charge in [0.15, 0.2) is 17.4 Å². The van der Waals surface area contributed by atoms with Crippen molar-refractivity contribution in [3.63, 3.8) is 0 Å². The molecule has 7 rings (SSSR count). The van der Waals surface area contributed by atoms with E-state index >= 15 is 0 Å². The summed E-state index contributed by atoms with van der Waals surface area (Å²) < 4.78 is 6.17. The SMILES string of the molecule is Nc1nc(N2CCC3(CC2)Cc2ccccc2[C@H]3N)cnc1Sc1ccnc2c1OCC1(CCC1)N2. The van der Waals surface area contributed by atoms with Crippen molar-refractivity contribution in [2.75, 3.05) is 35.6 Å². The Bertz CT molecular complexity index is 1320. The summed E-state index contributed by atoms with van der Waals surface area (Å²) in [5.41, 5.74) is 16.1. The molecular weight excluding hydrogens is 470 g/mol. The number of fused-ring (bicyclic) bond motifs is 2. The first-order valence-corrected chi connectivity index (χ1v) is 13.6. The molecule has 9 heteroatoms. The lowest BCUT2D eigenvalue weighted by Crippen LogP contribution is -2.52. The normalized spacial score (nSPS) is 22.9. The number of benzene rings is 1. The summed E-state index contributed by atoms with van der Waals surface area (Å²) >= 11 is 1.48. The lowest BCUT2D eigenvalue weighted by molar-refractivity contribution is 0.144. The highest BCUT2D eigenvalue weighted by Crippen LogP contribution is 2.51. The fourth-order valence-corrected chi connectivity index (χ4v) is 7.16. The summed E-state index contributed by atoms with van der Waals surface area (Å²) in [4.78, 5) is 17.2. The number of hydrogen-bond donors (Lipinski definition) is 3. The van der Waals surface area contributed by atoms with Crippen molar-refractivity contribution in [2.24, 2.45) is 11.1 Å². The van der Waals surface area contributed by atoms with E-state index in [0.29, 0.717) is 17.5 Å². The minimum Gasteiger partial charge on any atom is -0.486 e. The first kappa shape index (κ1) is 22.2. The first-order chi connectivity index (χ1) is 17.5. The highest BCUT2D eigenvalue weighted by molar-refractivity contribution is 7.99. The molecule has 186 valence electrons. The van der Waals surface area contributed by atoms with Crippen LogP contribution in [0.25, 0.3) is 0 Å². The quantitative estimate of drug-likeness (QED) is 0.486. The summed E-state index contributed by atoms with van der Waals surface area (Å²) in [6.45, 7) is 2.48. The van der Waals surface area contributed by atoms with Gasteiger partial charge in [-0.25, -0.2) is 15.0 Å². The topological polar surface area (TPSA) is 115 Å². The Balaban J connectivity index is 1.05. The van der Waals surface area contributed by atoms with E-state index in [1.54, 1.807) is 0 Å². The third-order valence-electron chi connectivity index (χ3n) is 8.69. The van der Waals surface area contributed by atoms with Crippen LogP contribution >= 0.6 is 11.8 Å². The predicted molar refractivity (Wildman–Crippen MR) is 141 cm³/mol. The van der Waals surface area contributed by atoms with Crippen LogP contribution in [0.1, 0.15) is 49.3 Å². The van der Waals surface area contributed by atoms with Gasteiger partial charge in [0.1, 0.15) is 17.5 Å². The number of piperidine rings is 1. The van der Waals surface area contributed by atoms with Gasteiger partial charge in [0, 0.05) is 25.3 Å². The summed E-state index contributed by atoms with van der Waals surface area (Å²) in [5.74, 6) is 2.86. The van der Waals surface area contributed by atoms with E-state index in [2.05, 4.69) is 39.5 Å². The van der Waals surface area contributed by atoms with Crippen molar-refractivity contribution in [3.8, 4) is 5.75 Å². The van der Waals surface area contributed by atoms with Crippen molar-refractivity contribution in [1.29, 1.82) is 0 Å². The van der Waals surface area contributed by atoms with Crippen LogP contribution in [-0.2, 0) is 6.42 Å². The number of nitrogen functional groups attached to an aromatic ring is 1. The molecule has 4 heterocycles. The molecule has 0 amide bonds. The van der Waals surface area contributed by atoms with Crippen LogP contribution in [0.3, 0.4) is 0 Å². The minimum atomic E-state index is 0.0575. The van der Waals surface area contributed by atoms with Gasteiger partial charge in [0.2, 0.25) is 0 Å². The highest BCUT2D eigenvalue weighted by Gasteiger charge is 2.46. The standard InChI is InChI=1S/C27H31N7OS/c28-22-18-5-2-1-4-17(18)14-26(22)9-12-34(13-10-26)20-15-31-25(23(29)32-20)36-19-6-11-30-24-21(19)35-16-27(33-24)7-3-8-27/h1-2,4-6,11,15,22H,3,7-10,12-14,16,28H2,(H2,29,32)(H,30,33)/t22-/m1/s1. The number of rotatable bonds is 3. The smallest absolute Gasteiger partial charge is 0.175 e. The summed E-state index contributed by atoms with van der Waals surface area (Å²) in [7, 11) is 0. The molecule has 4 aliphatic rings. The highest BCUT2D eigenvalue weighted by atomic mass is 32.2. The number of nitrogens with two attached hydrogens (primary N) is 2. The van der Waals surface area contributed by atoms with E-state index < -0.39 is 0 Å². The second-order valence-electron chi connectivity index (χ2n) is 10.8. The van der Waals surface area contributed by atoms with Gasteiger partial charge in [-0.15, -0.1) is 0 Å². The zero-order valence-corrected chi connectivity index (χ0v) is 21.1. The van der Waals surface area contributed by atoms with Crippen LogP contribution < -0.4 is 26.4 Å². The Morgan fingerprint density at radius 3 is 2.67 bits per heavy atom. The molecule has 5 N–H and O–H groups in total. The molecule has 2 aromatic heterocycles. The van der Waals surface area contributed by atoms with Gasteiger partial charge < -0.3 is 26.4 Å². The molecule has 0 bridgehead atoms. The van der Waals surface area contributed by atoms with Crippen molar-refractivity contribution < 1.29 is 4.74 Å². The maximum absolute atomic E-state index is 6.74. The second kappa shape index (κ2) is 8.24. The molecule has 1 aromatic carbocycles. The number of aromatic nitrogens is 3. The van der Waals surface area contributed by atoms with Crippen molar-refractivity contribution >= 4 is 29.2 Å². The van der Waals surface area contributed by atoms with Crippen LogP contribution in [0, 0.1) is 5.41 Å². The lowest BCUT2D eigenvalue weighted by atomic mass is 9.73. The van der Waals surface area contributed by atoms with E-state index in [1.165, 1.54) is 29.3 Å². The van der Waals surface area contributed by atoms with E-state index in [-0.39, 0.29) is 17.0 Å². The van der Waals surface area contributed by atoms with Crippen molar-refractivity contribution in [3.05, 3.63) is 53.9 Å². The summed E-state index contributed by atoms with van der Waals surface area (Å²) in [6.07, 6.45) is 10.3. The Morgan fingerprint density at radius 1 is 1.08 bits per heavy atom. The van der Waals surface area contributed by atoms with Crippen molar-refractivity contribution in [2.45, 2.75) is 60.0 Å². The first-order valence-electron chi connectivity index (χ1n) is 12.8. The van der Waals surface area contributed by atoms with Gasteiger partial charge in [-0.3, -0.25) is 0 Å². The monoisotopic (exact) mass is 501 g/mol. The molecule has 0 unspecified atom stereocenters.